The van der Waals surface area contributed by atoms with Crippen LogP contribution in [0.5, 0.6) is 0 Å². The number of nitrogens with zero attached hydrogens (tertiary/aromatic N) is 4. The summed E-state index contributed by atoms with van der Waals surface area (Å²) in [7, 11) is 3.68. The monoisotopic (exact) mass is 351 g/mol. The van der Waals surface area contributed by atoms with Gasteiger partial charge < -0.3 is 5.32 Å². The van der Waals surface area contributed by atoms with Gasteiger partial charge in [0, 0.05) is 26.2 Å². The van der Waals surface area contributed by atoms with Crippen LogP contribution in [0.15, 0.2) is 47.5 Å². The van der Waals surface area contributed by atoms with E-state index in [1.165, 1.54) is 0 Å². The number of carbonyl (C=O) groups excluding carboxylic acids is 1. The lowest BCUT2D eigenvalue weighted by atomic mass is 10.2. The van der Waals surface area contributed by atoms with Gasteiger partial charge in [0.15, 0.2) is 0 Å². The summed E-state index contributed by atoms with van der Waals surface area (Å²) in [6.45, 7) is 1.84. The summed E-state index contributed by atoms with van der Waals surface area (Å²) >= 11 is 0. The summed E-state index contributed by atoms with van der Waals surface area (Å²) < 4.78 is 5.07. The van der Waals surface area contributed by atoms with Crippen molar-refractivity contribution < 1.29 is 4.79 Å². The first kappa shape index (κ1) is 16.4. The highest BCUT2D eigenvalue weighted by atomic mass is 16.2. The average Bonchev–Trinajstić information content (AvgIpc) is 3.28. The van der Waals surface area contributed by atoms with Gasteiger partial charge in [-0.2, -0.15) is 5.10 Å². The molecule has 0 saturated heterocycles. The zero-order valence-corrected chi connectivity index (χ0v) is 15.0. The van der Waals surface area contributed by atoms with Gasteiger partial charge in [0.25, 0.3) is 5.56 Å². The molecule has 7 heteroatoms. The molecule has 7 nitrogen and oxygen atoms in total. The summed E-state index contributed by atoms with van der Waals surface area (Å²) in [6, 6.07) is 9.40. The number of aryl methyl sites for hydroxylation is 1. The van der Waals surface area contributed by atoms with Crippen LogP contribution in [-0.4, -0.2) is 25.1 Å². The van der Waals surface area contributed by atoms with Crippen molar-refractivity contribution in [2.24, 2.45) is 20.0 Å². The Morgan fingerprint density at radius 2 is 1.96 bits per heavy atom. The number of hydrogen-bond donors (Lipinski definition) is 1. The van der Waals surface area contributed by atoms with Crippen LogP contribution in [0, 0.1) is 12.8 Å². The van der Waals surface area contributed by atoms with Crippen molar-refractivity contribution in [1.82, 2.24) is 19.1 Å². The van der Waals surface area contributed by atoms with Crippen molar-refractivity contribution in [2.45, 2.75) is 19.3 Å². The Morgan fingerprint density at radius 1 is 1.23 bits per heavy atom. The quantitative estimate of drug-likeness (QED) is 0.781. The molecule has 1 saturated carbocycles. The third-order valence-corrected chi connectivity index (χ3v) is 5.08. The van der Waals surface area contributed by atoms with Gasteiger partial charge in [0.1, 0.15) is 5.69 Å². The topological polar surface area (TPSA) is 73.8 Å². The summed E-state index contributed by atoms with van der Waals surface area (Å²) in [5.41, 5.74) is 2.69. The van der Waals surface area contributed by atoms with Gasteiger partial charge in [-0.05, 0) is 37.0 Å². The molecule has 0 bridgehead atoms. The van der Waals surface area contributed by atoms with Crippen molar-refractivity contribution in [3.05, 3.63) is 64.3 Å². The van der Waals surface area contributed by atoms with Crippen molar-refractivity contribution in [2.75, 3.05) is 5.32 Å². The molecule has 0 radical (unpaired) electrons. The SMILES string of the molecule is Cc1c(NC(=O)C2CC2c2cnn(C)c2)c(=O)n(-c2ccccc2)n1C. The molecule has 1 aliphatic carbocycles. The van der Waals surface area contributed by atoms with Gasteiger partial charge in [-0.1, -0.05) is 18.2 Å². The lowest BCUT2D eigenvalue weighted by Crippen LogP contribution is -2.23. The van der Waals surface area contributed by atoms with Crippen molar-refractivity contribution in [1.29, 1.82) is 0 Å². The summed E-state index contributed by atoms with van der Waals surface area (Å²) in [4.78, 5) is 25.5. The molecule has 1 amide bonds. The molecule has 1 fully saturated rings. The predicted molar refractivity (Wildman–Crippen MR) is 98.4 cm³/mol. The molecular formula is C19H21N5O2. The standard InChI is InChI=1S/C19H21N5O2/c1-12-17(19(26)24(23(12)3)14-7-5-4-6-8-14)21-18(25)16-9-15(16)13-10-20-22(2)11-13/h4-8,10-11,15-16H,9H2,1-3H3,(H,21,25). The van der Waals surface area contributed by atoms with E-state index in [2.05, 4.69) is 10.4 Å². The molecule has 3 aromatic rings. The van der Waals surface area contributed by atoms with Crippen LogP contribution in [0.3, 0.4) is 0 Å². The van der Waals surface area contributed by atoms with E-state index in [0.29, 0.717) is 5.69 Å². The Morgan fingerprint density at radius 3 is 2.62 bits per heavy atom. The minimum atomic E-state index is -0.219. The third-order valence-electron chi connectivity index (χ3n) is 5.08. The second kappa shape index (κ2) is 6.01. The first-order valence-electron chi connectivity index (χ1n) is 8.61. The number of carbonyl (C=O) groups is 1. The van der Waals surface area contributed by atoms with Crippen molar-refractivity contribution in [3.63, 3.8) is 0 Å². The van der Waals surface area contributed by atoms with Crippen LogP contribution in [0.2, 0.25) is 0 Å². The Bertz CT molecular complexity index is 1030. The molecule has 134 valence electrons. The minimum absolute atomic E-state index is 0.107. The highest BCUT2D eigenvalue weighted by molar-refractivity contribution is 5.95. The largest absolute Gasteiger partial charge is 0.320 e. The van der Waals surface area contributed by atoms with Crippen molar-refractivity contribution >= 4 is 11.6 Å². The highest BCUT2D eigenvalue weighted by Gasteiger charge is 2.45. The molecule has 2 atom stereocenters. The molecule has 1 aromatic carbocycles. The van der Waals surface area contributed by atoms with Gasteiger partial charge >= 0.3 is 0 Å². The van der Waals surface area contributed by atoms with Gasteiger partial charge in [0.05, 0.1) is 17.6 Å². The number of para-hydroxylation sites is 1. The van der Waals surface area contributed by atoms with Gasteiger partial charge in [-0.15, -0.1) is 0 Å². The molecule has 1 N–H and O–H groups in total. The fourth-order valence-electron chi connectivity index (χ4n) is 3.41. The first-order valence-corrected chi connectivity index (χ1v) is 8.61. The lowest BCUT2D eigenvalue weighted by molar-refractivity contribution is -0.117. The first-order chi connectivity index (χ1) is 12.5. The summed E-state index contributed by atoms with van der Waals surface area (Å²) in [5.74, 6) is -0.0303. The summed E-state index contributed by atoms with van der Waals surface area (Å²) in [5, 5.41) is 7.02. The van der Waals surface area contributed by atoms with Crippen LogP contribution >= 0.6 is 0 Å². The fourth-order valence-corrected chi connectivity index (χ4v) is 3.41. The number of hydrogen-bond acceptors (Lipinski definition) is 3. The smallest absolute Gasteiger partial charge is 0.295 e. The van der Waals surface area contributed by atoms with E-state index in [-0.39, 0.29) is 23.3 Å². The molecule has 2 aromatic heterocycles. The molecule has 0 spiro atoms. The van der Waals surface area contributed by atoms with Gasteiger partial charge in [-0.25, -0.2) is 4.68 Å². The van der Waals surface area contributed by atoms with Crippen LogP contribution in [0.25, 0.3) is 5.69 Å². The van der Waals surface area contributed by atoms with E-state index in [4.69, 9.17) is 0 Å². The van der Waals surface area contributed by atoms with E-state index in [0.717, 1.165) is 23.4 Å². The van der Waals surface area contributed by atoms with Crippen molar-refractivity contribution in [3.8, 4) is 5.69 Å². The van der Waals surface area contributed by atoms with Crippen LogP contribution < -0.4 is 10.9 Å². The molecule has 4 rings (SSSR count). The van der Waals surface area contributed by atoms with E-state index < -0.39 is 0 Å². The Balaban J connectivity index is 1.58. The maximum atomic E-state index is 12.9. The average molecular weight is 351 g/mol. The molecule has 2 heterocycles. The van der Waals surface area contributed by atoms with Gasteiger partial charge in [-0.3, -0.25) is 19.0 Å². The molecular weight excluding hydrogens is 330 g/mol. The van der Waals surface area contributed by atoms with E-state index in [1.807, 2.05) is 57.5 Å². The van der Waals surface area contributed by atoms with E-state index in [1.54, 1.807) is 20.2 Å². The molecule has 0 aliphatic heterocycles. The number of aromatic nitrogens is 4. The molecule has 26 heavy (non-hydrogen) atoms. The second-order valence-corrected chi connectivity index (χ2v) is 6.82. The Labute approximate surface area is 150 Å². The number of amides is 1. The molecule has 2 unspecified atom stereocenters. The second-order valence-electron chi connectivity index (χ2n) is 6.82. The lowest BCUT2D eigenvalue weighted by Gasteiger charge is -2.07. The zero-order valence-electron chi connectivity index (χ0n) is 15.0. The van der Waals surface area contributed by atoms with Crippen LogP contribution in [0.1, 0.15) is 23.6 Å². The normalized spacial score (nSPS) is 18.7. The number of nitrogens with one attached hydrogen (secondary N) is 1. The Kier molecular flexibility index (Phi) is 3.79. The minimum Gasteiger partial charge on any atom is -0.320 e. The summed E-state index contributed by atoms with van der Waals surface area (Å²) in [6.07, 6.45) is 4.53. The van der Waals surface area contributed by atoms with Crippen LogP contribution in [-0.2, 0) is 18.9 Å². The maximum Gasteiger partial charge on any atom is 0.295 e. The predicted octanol–water partition coefficient (Wildman–Crippen LogP) is 1.96. The van der Waals surface area contributed by atoms with E-state index in [9.17, 15) is 9.59 Å². The Hall–Kier alpha value is -3.09. The number of benzene rings is 1. The third kappa shape index (κ3) is 2.65. The highest BCUT2D eigenvalue weighted by Crippen LogP contribution is 2.47. The van der Waals surface area contributed by atoms with Gasteiger partial charge in [0.2, 0.25) is 5.91 Å². The molecule has 1 aliphatic rings. The number of anilines is 1. The number of rotatable bonds is 4. The van der Waals surface area contributed by atoms with E-state index >= 15 is 0 Å². The van der Waals surface area contributed by atoms with Crippen LogP contribution in [0.4, 0.5) is 5.69 Å². The fraction of sp³-hybridized carbons (Fsp3) is 0.316. The maximum absolute atomic E-state index is 12.9. The zero-order chi connectivity index (χ0) is 18.4.